The van der Waals surface area contributed by atoms with Gasteiger partial charge in [0.2, 0.25) is 0 Å². The molecule has 0 aromatic carbocycles. The van der Waals surface area contributed by atoms with E-state index in [1.165, 1.54) is 71.0 Å². The largest absolute Gasteiger partial charge is 0.391 e. The standard InChI is InChI=1S/C16H36NO/c1-4-7-8-9-10-11-14-17(12-5-2,13-6-3)15-16-18/h18H,4-16H2,1-3H3/q+1. The smallest absolute Gasteiger partial charge is 0.102 e. The Bertz CT molecular complexity index is 153. The monoisotopic (exact) mass is 258 g/mol. The SMILES string of the molecule is CCCCCCCC[N+](CCC)(CCC)CCO. The van der Waals surface area contributed by atoms with E-state index >= 15 is 0 Å². The van der Waals surface area contributed by atoms with Gasteiger partial charge in [0.05, 0.1) is 26.2 Å². The van der Waals surface area contributed by atoms with Crippen molar-refractivity contribution in [2.45, 2.75) is 72.1 Å². The van der Waals surface area contributed by atoms with Crippen molar-refractivity contribution in [2.24, 2.45) is 0 Å². The molecule has 18 heavy (non-hydrogen) atoms. The molecule has 0 aromatic heterocycles. The van der Waals surface area contributed by atoms with E-state index in [1.54, 1.807) is 0 Å². The Morgan fingerprint density at radius 2 is 1.17 bits per heavy atom. The molecule has 110 valence electrons. The Morgan fingerprint density at radius 1 is 0.611 bits per heavy atom. The highest BCUT2D eigenvalue weighted by molar-refractivity contribution is 4.48. The normalized spacial score (nSPS) is 12.0. The van der Waals surface area contributed by atoms with Crippen molar-refractivity contribution >= 4 is 0 Å². The minimum absolute atomic E-state index is 0.343. The second-order valence-electron chi connectivity index (χ2n) is 5.73. The summed E-state index contributed by atoms with van der Waals surface area (Å²) in [4.78, 5) is 0. The Morgan fingerprint density at radius 3 is 1.67 bits per heavy atom. The van der Waals surface area contributed by atoms with E-state index in [-0.39, 0.29) is 0 Å². The second-order valence-corrected chi connectivity index (χ2v) is 5.73. The predicted molar refractivity (Wildman–Crippen MR) is 80.8 cm³/mol. The molecule has 0 fully saturated rings. The van der Waals surface area contributed by atoms with Crippen molar-refractivity contribution < 1.29 is 9.59 Å². The molecular formula is C16H36NO+. The summed E-state index contributed by atoms with van der Waals surface area (Å²) < 4.78 is 1.15. The van der Waals surface area contributed by atoms with Crippen LogP contribution in [0.2, 0.25) is 0 Å². The third-order valence-electron chi connectivity index (χ3n) is 3.96. The number of hydrogen-bond donors (Lipinski definition) is 1. The highest BCUT2D eigenvalue weighted by Gasteiger charge is 2.24. The van der Waals surface area contributed by atoms with Gasteiger partial charge in [-0.3, -0.25) is 0 Å². The van der Waals surface area contributed by atoms with Gasteiger partial charge >= 0.3 is 0 Å². The summed E-state index contributed by atoms with van der Waals surface area (Å²) in [5, 5.41) is 9.31. The lowest BCUT2D eigenvalue weighted by Crippen LogP contribution is -2.51. The summed E-state index contributed by atoms with van der Waals surface area (Å²) in [5.41, 5.74) is 0. The van der Waals surface area contributed by atoms with Gasteiger partial charge in [0.1, 0.15) is 6.54 Å². The Kier molecular flexibility index (Phi) is 11.9. The molecule has 0 radical (unpaired) electrons. The van der Waals surface area contributed by atoms with Gasteiger partial charge in [0.15, 0.2) is 0 Å². The van der Waals surface area contributed by atoms with Crippen LogP contribution in [-0.2, 0) is 0 Å². The first-order chi connectivity index (χ1) is 8.74. The molecule has 0 unspecified atom stereocenters. The lowest BCUT2D eigenvalue weighted by Gasteiger charge is -2.38. The van der Waals surface area contributed by atoms with E-state index in [0.29, 0.717) is 6.61 Å². The summed E-state index contributed by atoms with van der Waals surface area (Å²) >= 11 is 0. The summed E-state index contributed by atoms with van der Waals surface area (Å²) in [5.74, 6) is 0. The highest BCUT2D eigenvalue weighted by Crippen LogP contribution is 2.14. The van der Waals surface area contributed by atoms with Crippen molar-refractivity contribution in [2.75, 3.05) is 32.8 Å². The van der Waals surface area contributed by atoms with Crippen LogP contribution in [0, 0.1) is 0 Å². The van der Waals surface area contributed by atoms with Gasteiger partial charge in [-0.1, -0.05) is 46.5 Å². The molecule has 0 aliphatic rings. The second kappa shape index (κ2) is 12.0. The van der Waals surface area contributed by atoms with Crippen molar-refractivity contribution in [3.8, 4) is 0 Å². The summed E-state index contributed by atoms with van der Waals surface area (Å²) in [6, 6.07) is 0. The van der Waals surface area contributed by atoms with Gasteiger partial charge in [-0.15, -0.1) is 0 Å². The topological polar surface area (TPSA) is 20.2 Å². The first-order valence-electron chi connectivity index (χ1n) is 8.20. The fraction of sp³-hybridized carbons (Fsp3) is 1.00. The van der Waals surface area contributed by atoms with Gasteiger partial charge in [0.25, 0.3) is 0 Å². The molecule has 2 heteroatoms. The van der Waals surface area contributed by atoms with Gasteiger partial charge in [-0.2, -0.15) is 0 Å². The van der Waals surface area contributed by atoms with Crippen LogP contribution < -0.4 is 0 Å². The first-order valence-corrected chi connectivity index (χ1v) is 8.20. The van der Waals surface area contributed by atoms with Crippen molar-refractivity contribution in [3.05, 3.63) is 0 Å². The van der Waals surface area contributed by atoms with E-state index in [2.05, 4.69) is 20.8 Å². The van der Waals surface area contributed by atoms with Crippen LogP contribution >= 0.6 is 0 Å². The molecule has 0 saturated heterocycles. The minimum atomic E-state index is 0.343. The molecule has 1 N–H and O–H groups in total. The zero-order chi connectivity index (χ0) is 13.7. The number of hydrogen-bond acceptors (Lipinski definition) is 1. The molecule has 2 nitrogen and oxygen atoms in total. The molecule has 0 saturated carbocycles. The molecule has 0 heterocycles. The number of aliphatic hydroxyl groups is 1. The van der Waals surface area contributed by atoms with Crippen LogP contribution in [-0.4, -0.2) is 42.4 Å². The lowest BCUT2D eigenvalue weighted by molar-refractivity contribution is -0.928. The van der Waals surface area contributed by atoms with Crippen LogP contribution in [0.15, 0.2) is 0 Å². The predicted octanol–water partition coefficient (Wildman–Crippen LogP) is 3.98. The van der Waals surface area contributed by atoms with Gasteiger partial charge < -0.3 is 9.59 Å². The Labute approximate surface area is 115 Å². The molecule has 0 aromatic rings. The summed E-state index contributed by atoms with van der Waals surface area (Å²) in [6.45, 7) is 11.8. The van der Waals surface area contributed by atoms with Crippen LogP contribution in [0.4, 0.5) is 0 Å². The Balaban J connectivity index is 3.97. The third-order valence-corrected chi connectivity index (χ3v) is 3.96. The molecule has 0 amide bonds. The summed E-state index contributed by atoms with van der Waals surface area (Å²) in [7, 11) is 0. The quantitative estimate of drug-likeness (QED) is 0.391. The zero-order valence-corrected chi connectivity index (χ0v) is 13.1. The highest BCUT2D eigenvalue weighted by atomic mass is 16.3. The van der Waals surface area contributed by atoms with Gasteiger partial charge in [-0.05, 0) is 25.7 Å². The van der Waals surface area contributed by atoms with Crippen LogP contribution in [0.25, 0.3) is 0 Å². The van der Waals surface area contributed by atoms with E-state index in [1.807, 2.05) is 0 Å². The average Bonchev–Trinajstić information content (AvgIpc) is 2.35. The van der Waals surface area contributed by atoms with Crippen molar-refractivity contribution in [1.29, 1.82) is 0 Å². The van der Waals surface area contributed by atoms with Gasteiger partial charge in [-0.25, -0.2) is 0 Å². The third kappa shape index (κ3) is 8.10. The van der Waals surface area contributed by atoms with E-state index < -0.39 is 0 Å². The zero-order valence-electron chi connectivity index (χ0n) is 13.1. The van der Waals surface area contributed by atoms with Crippen LogP contribution in [0.3, 0.4) is 0 Å². The molecular weight excluding hydrogens is 222 g/mol. The lowest BCUT2D eigenvalue weighted by atomic mass is 10.1. The van der Waals surface area contributed by atoms with Crippen molar-refractivity contribution in [3.63, 3.8) is 0 Å². The van der Waals surface area contributed by atoms with E-state index in [9.17, 15) is 5.11 Å². The maximum atomic E-state index is 9.31. The van der Waals surface area contributed by atoms with E-state index in [4.69, 9.17) is 0 Å². The van der Waals surface area contributed by atoms with Crippen molar-refractivity contribution in [1.82, 2.24) is 0 Å². The maximum Gasteiger partial charge on any atom is 0.102 e. The Hall–Kier alpha value is -0.0800. The van der Waals surface area contributed by atoms with E-state index in [0.717, 1.165) is 11.0 Å². The number of quaternary nitrogens is 1. The summed E-state index contributed by atoms with van der Waals surface area (Å²) in [6.07, 6.45) is 10.7. The number of unbranched alkanes of at least 4 members (excludes halogenated alkanes) is 5. The fourth-order valence-corrected chi connectivity index (χ4v) is 3.06. The average molecular weight is 258 g/mol. The maximum absolute atomic E-state index is 9.31. The molecule has 0 aliphatic carbocycles. The molecule has 0 bridgehead atoms. The molecule has 0 spiro atoms. The number of rotatable bonds is 13. The number of nitrogens with zero attached hydrogens (tertiary/aromatic N) is 1. The van der Waals surface area contributed by atoms with Crippen LogP contribution in [0.1, 0.15) is 72.1 Å². The fourth-order valence-electron chi connectivity index (χ4n) is 3.06. The minimum Gasteiger partial charge on any atom is -0.391 e. The molecule has 0 aliphatic heterocycles. The molecule has 0 atom stereocenters. The first kappa shape index (κ1) is 17.9. The van der Waals surface area contributed by atoms with Crippen LogP contribution in [0.5, 0.6) is 0 Å². The number of aliphatic hydroxyl groups excluding tert-OH is 1. The van der Waals surface area contributed by atoms with Gasteiger partial charge in [0, 0.05) is 0 Å². The molecule has 0 rings (SSSR count).